The highest BCUT2D eigenvalue weighted by Gasteiger charge is 2.21. The lowest BCUT2D eigenvalue weighted by Crippen LogP contribution is -2.45. The zero-order valence-electron chi connectivity index (χ0n) is 14.4. The van der Waals surface area contributed by atoms with Gasteiger partial charge in [-0.2, -0.15) is 0 Å². The van der Waals surface area contributed by atoms with Crippen molar-refractivity contribution in [1.82, 2.24) is 15.2 Å². The van der Waals surface area contributed by atoms with Gasteiger partial charge < -0.3 is 19.7 Å². The molecule has 6 heteroatoms. The molecule has 0 atom stereocenters. The molecule has 0 spiro atoms. The van der Waals surface area contributed by atoms with Gasteiger partial charge in [0.15, 0.2) is 6.61 Å². The average molecular weight is 341 g/mol. The van der Waals surface area contributed by atoms with Gasteiger partial charge in [-0.05, 0) is 50.2 Å². The molecule has 2 heterocycles. The van der Waals surface area contributed by atoms with E-state index in [9.17, 15) is 4.79 Å². The number of pyridine rings is 1. The number of nitrogens with zero attached hydrogens (tertiary/aromatic N) is 2. The van der Waals surface area contributed by atoms with Crippen LogP contribution >= 0.6 is 0 Å². The number of hydrogen-bond donors (Lipinski definition) is 1. The molecule has 2 aromatic rings. The molecule has 1 aromatic heterocycles. The Labute approximate surface area is 147 Å². The minimum absolute atomic E-state index is 0.0309. The number of hydrogen-bond acceptors (Lipinski definition) is 5. The Hall–Kier alpha value is -2.60. The molecule has 1 aromatic carbocycles. The summed E-state index contributed by atoms with van der Waals surface area (Å²) in [7, 11) is 1.96. The maximum absolute atomic E-state index is 12.2. The Balaban J connectivity index is 1.46. The fourth-order valence-electron chi connectivity index (χ4n) is 2.79. The van der Waals surface area contributed by atoms with Crippen LogP contribution in [0.25, 0.3) is 0 Å². The first kappa shape index (κ1) is 17.2. The quantitative estimate of drug-likeness (QED) is 0.874. The molecule has 132 valence electrons. The van der Waals surface area contributed by atoms with Crippen molar-refractivity contribution >= 4 is 5.91 Å². The number of carbonyl (C=O) groups is 1. The van der Waals surface area contributed by atoms with Gasteiger partial charge in [0.25, 0.3) is 5.91 Å². The molecule has 1 fully saturated rings. The summed E-state index contributed by atoms with van der Waals surface area (Å²) in [4.78, 5) is 18.2. The molecular weight excluding hydrogens is 318 g/mol. The van der Waals surface area contributed by atoms with Crippen molar-refractivity contribution in [3.8, 4) is 17.4 Å². The van der Waals surface area contributed by atoms with Crippen LogP contribution in [0.2, 0.25) is 0 Å². The molecule has 1 N–H and O–H groups in total. The van der Waals surface area contributed by atoms with Gasteiger partial charge >= 0.3 is 0 Å². The van der Waals surface area contributed by atoms with Gasteiger partial charge in [-0.25, -0.2) is 4.98 Å². The first-order valence-corrected chi connectivity index (χ1v) is 8.51. The van der Waals surface area contributed by atoms with E-state index in [4.69, 9.17) is 9.47 Å². The lowest BCUT2D eigenvalue weighted by Gasteiger charge is -2.31. The van der Waals surface area contributed by atoms with Gasteiger partial charge in [-0.1, -0.05) is 6.07 Å². The largest absolute Gasteiger partial charge is 0.484 e. The summed E-state index contributed by atoms with van der Waals surface area (Å²) in [6, 6.07) is 13.2. The maximum Gasteiger partial charge on any atom is 0.260 e. The molecule has 25 heavy (non-hydrogen) atoms. The molecule has 0 bridgehead atoms. The number of nitrogens with one attached hydrogen (secondary N) is 1. The lowest BCUT2D eigenvalue weighted by atomic mass is 10.1. The van der Waals surface area contributed by atoms with Gasteiger partial charge in [0.1, 0.15) is 11.5 Å². The summed E-state index contributed by atoms with van der Waals surface area (Å²) in [5.74, 6) is 1.89. The van der Waals surface area contributed by atoms with Crippen molar-refractivity contribution in [2.75, 3.05) is 26.7 Å². The molecule has 0 aliphatic carbocycles. The standard InChI is InChI=1S/C19H23N3O3/c1-20-15-9-12-22(13-10-15)19(23)14-24-16-5-7-17(8-6-16)25-18-4-2-3-11-21-18/h2-8,11,15,20H,9-10,12-14H2,1H3. The Kier molecular flexibility index (Phi) is 5.85. The highest BCUT2D eigenvalue weighted by Crippen LogP contribution is 2.22. The monoisotopic (exact) mass is 341 g/mol. The third-order valence-corrected chi connectivity index (χ3v) is 4.30. The van der Waals surface area contributed by atoms with Gasteiger partial charge in [0.05, 0.1) is 0 Å². The number of benzene rings is 1. The summed E-state index contributed by atoms with van der Waals surface area (Å²) < 4.78 is 11.2. The first-order chi connectivity index (χ1) is 12.2. The SMILES string of the molecule is CNC1CCN(C(=O)COc2ccc(Oc3ccccn3)cc2)CC1. The maximum atomic E-state index is 12.2. The second-order valence-electron chi connectivity index (χ2n) is 5.97. The predicted octanol–water partition coefficient (Wildman–Crippen LogP) is 2.46. The Bertz CT molecular complexity index is 668. The second-order valence-corrected chi connectivity index (χ2v) is 5.97. The number of aromatic nitrogens is 1. The van der Waals surface area contributed by atoms with E-state index >= 15 is 0 Å². The molecule has 0 saturated carbocycles. The van der Waals surface area contributed by atoms with Gasteiger partial charge in [0, 0.05) is 31.4 Å². The van der Waals surface area contributed by atoms with Crippen LogP contribution in [0.5, 0.6) is 17.4 Å². The number of carbonyl (C=O) groups excluding carboxylic acids is 1. The van der Waals surface area contributed by atoms with Crippen molar-refractivity contribution in [1.29, 1.82) is 0 Å². The third kappa shape index (κ3) is 4.93. The molecule has 3 rings (SSSR count). The smallest absolute Gasteiger partial charge is 0.260 e. The van der Waals surface area contributed by atoms with Crippen molar-refractivity contribution in [2.24, 2.45) is 0 Å². The van der Waals surface area contributed by atoms with E-state index < -0.39 is 0 Å². The van der Waals surface area contributed by atoms with Crippen molar-refractivity contribution in [3.05, 3.63) is 48.7 Å². The Morgan fingerprint density at radius 2 is 1.88 bits per heavy atom. The highest BCUT2D eigenvalue weighted by atomic mass is 16.5. The molecule has 1 aliphatic heterocycles. The molecular formula is C19H23N3O3. The number of rotatable bonds is 6. The Morgan fingerprint density at radius 3 is 2.52 bits per heavy atom. The minimum Gasteiger partial charge on any atom is -0.484 e. The summed E-state index contributed by atoms with van der Waals surface area (Å²) in [5.41, 5.74) is 0. The van der Waals surface area contributed by atoms with Gasteiger partial charge in [-0.3, -0.25) is 4.79 Å². The van der Waals surface area contributed by atoms with Gasteiger partial charge in [0.2, 0.25) is 5.88 Å². The predicted molar refractivity (Wildman–Crippen MR) is 94.9 cm³/mol. The molecule has 6 nitrogen and oxygen atoms in total. The van der Waals surface area contributed by atoms with Crippen molar-refractivity contribution < 1.29 is 14.3 Å². The van der Waals surface area contributed by atoms with Crippen LogP contribution in [0, 0.1) is 0 Å². The van der Waals surface area contributed by atoms with Crippen molar-refractivity contribution in [3.63, 3.8) is 0 Å². The Morgan fingerprint density at radius 1 is 1.16 bits per heavy atom. The van der Waals surface area contributed by atoms with Crippen LogP contribution in [-0.2, 0) is 4.79 Å². The van der Waals surface area contributed by atoms with E-state index in [0.717, 1.165) is 25.9 Å². The fraction of sp³-hybridized carbons (Fsp3) is 0.368. The lowest BCUT2D eigenvalue weighted by molar-refractivity contribution is -0.134. The van der Waals surface area contributed by atoms with Crippen LogP contribution in [0.4, 0.5) is 0 Å². The fourth-order valence-corrected chi connectivity index (χ4v) is 2.79. The summed E-state index contributed by atoms with van der Waals surface area (Å²) in [6.45, 7) is 1.62. The van der Waals surface area contributed by atoms with E-state index in [1.165, 1.54) is 0 Å². The number of ether oxygens (including phenoxy) is 2. The third-order valence-electron chi connectivity index (χ3n) is 4.30. The first-order valence-electron chi connectivity index (χ1n) is 8.51. The van der Waals surface area contributed by atoms with Crippen LogP contribution in [0.1, 0.15) is 12.8 Å². The normalized spacial score (nSPS) is 15.0. The van der Waals surface area contributed by atoms with E-state index in [0.29, 0.717) is 23.4 Å². The molecule has 1 saturated heterocycles. The average Bonchev–Trinajstić information content (AvgIpc) is 2.68. The van der Waals surface area contributed by atoms with Crippen LogP contribution in [0.3, 0.4) is 0 Å². The second kappa shape index (κ2) is 8.48. The molecule has 0 radical (unpaired) electrons. The highest BCUT2D eigenvalue weighted by molar-refractivity contribution is 5.77. The summed E-state index contributed by atoms with van der Waals surface area (Å²) in [5, 5.41) is 3.26. The molecule has 0 unspecified atom stereocenters. The summed E-state index contributed by atoms with van der Waals surface area (Å²) >= 11 is 0. The van der Waals surface area contributed by atoms with Crippen molar-refractivity contribution in [2.45, 2.75) is 18.9 Å². The van der Waals surface area contributed by atoms with E-state index in [1.807, 2.05) is 24.1 Å². The number of piperidine rings is 1. The molecule has 1 amide bonds. The topological polar surface area (TPSA) is 63.7 Å². The minimum atomic E-state index is 0.0309. The zero-order valence-corrected chi connectivity index (χ0v) is 14.4. The molecule has 1 aliphatic rings. The van der Waals surface area contributed by atoms with E-state index in [-0.39, 0.29) is 12.5 Å². The number of amides is 1. The van der Waals surface area contributed by atoms with Crippen LogP contribution in [-0.4, -0.2) is 48.6 Å². The number of likely N-dealkylation sites (tertiary alicyclic amines) is 1. The van der Waals surface area contributed by atoms with E-state index in [1.54, 1.807) is 36.5 Å². The van der Waals surface area contributed by atoms with E-state index in [2.05, 4.69) is 10.3 Å². The van der Waals surface area contributed by atoms with Crippen LogP contribution < -0.4 is 14.8 Å². The summed E-state index contributed by atoms with van der Waals surface area (Å²) in [6.07, 6.45) is 3.65. The van der Waals surface area contributed by atoms with Crippen LogP contribution in [0.15, 0.2) is 48.7 Å². The van der Waals surface area contributed by atoms with Gasteiger partial charge in [-0.15, -0.1) is 0 Å². The zero-order chi connectivity index (χ0) is 17.5.